The van der Waals surface area contributed by atoms with Crippen LogP contribution in [0.25, 0.3) is 0 Å². The molecule has 3 aromatic carbocycles. The van der Waals surface area contributed by atoms with Gasteiger partial charge in [-0.25, -0.2) is 13.2 Å². The molecule has 1 fully saturated rings. The van der Waals surface area contributed by atoms with E-state index < -0.39 is 15.1 Å². The number of carbonyl (C=O) groups is 1. The molecule has 0 bridgehead atoms. The van der Waals surface area contributed by atoms with Crippen LogP contribution in [0.4, 0.5) is 10.5 Å². The number of aromatic hydroxyl groups is 1. The molecule has 2 N–H and O–H groups in total. The number of hydrogen-bond acceptors (Lipinski definition) is 5. The number of rotatable bonds is 7. The Bertz CT molecular complexity index is 1250. The molecule has 2 amide bonds. The number of amides is 2. The molecule has 172 valence electrons. The Morgan fingerprint density at radius 1 is 1.09 bits per heavy atom. The molecule has 1 heterocycles. The van der Waals surface area contributed by atoms with E-state index in [1.807, 2.05) is 0 Å². The summed E-state index contributed by atoms with van der Waals surface area (Å²) in [5.41, 5.74) is 1.12. The maximum Gasteiger partial charge on any atom is 0.322 e. The van der Waals surface area contributed by atoms with Crippen molar-refractivity contribution in [2.45, 2.75) is 17.7 Å². The zero-order valence-electron chi connectivity index (χ0n) is 17.8. The van der Waals surface area contributed by atoms with E-state index >= 15 is 0 Å². The summed E-state index contributed by atoms with van der Waals surface area (Å²) in [7, 11) is -3.50. The normalized spacial score (nSPS) is 17.0. The van der Waals surface area contributed by atoms with Crippen molar-refractivity contribution >= 4 is 33.2 Å². The van der Waals surface area contributed by atoms with Gasteiger partial charge in [-0.05, 0) is 72.6 Å². The molecule has 7 nitrogen and oxygen atoms in total. The predicted molar refractivity (Wildman–Crippen MR) is 128 cm³/mol. The first kappa shape index (κ1) is 22.9. The van der Waals surface area contributed by atoms with Gasteiger partial charge >= 0.3 is 6.03 Å². The zero-order valence-corrected chi connectivity index (χ0v) is 19.4. The van der Waals surface area contributed by atoms with Crippen LogP contribution in [0, 0.1) is 0 Å². The molecule has 3 aromatic rings. The lowest BCUT2D eigenvalue weighted by Gasteiger charge is -2.27. The van der Waals surface area contributed by atoms with Crippen LogP contribution in [0.2, 0.25) is 5.02 Å². The fourth-order valence-electron chi connectivity index (χ4n) is 3.91. The van der Waals surface area contributed by atoms with Crippen LogP contribution in [0.5, 0.6) is 17.2 Å². The van der Waals surface area contributed by atoms with Crippen LogP contribution in [0.1, 0.15) is 17.2 Å². The second kappa shape index (κ2) is 9.33. The van der Waals surface area contributed by atoms with E-state index in [-0.39, 0.29) is 24.2 Å². The van der Waals surface area contributed by atoms with Gasteiger partial charge in [0.15, 0.2) is 9.84 Å². The smallest absolute Gasteiger partial charge is 0.322 e. The number of phenolic OH excluding ortho intramolecular Hbond substituents is 1. The topological polar surface area (TPSA) is 95.9 Å². The van der Waals surface area contributed by atoms with Crippen molar-refractivity contribution in [1.82, 2.24) is 5.32 Å². The average Bonchev–Trinajstić information content (AvgIpc) is 3.13. The average molecular weight is 487 g/mol. The molecule has 4 rings (SSSR count). The van der Waals surface area contributed by atoms with E-state index in [2.05, 4.69) is 5.32 Å². The minimum atomic E-state index is -3.50. The molecule has 33 heavy (non-hydrogen) atoms. The molecular weight excluding hydrogens is 464 g/mol. The molecule has 0 aliphatic carbocycles. The number of nitrogens with one attached hydrogen (secondary N) is 1. The highest BCUT2D eigenvalue weighted by molar-refractivity contribution is 7.90. The van der Waals surface area contributed by atoms with Gasteiger partial charge in [0.25, 0.3) is 0 Å². The Labute approximate surface area is 197 Å². The summed E-state index contributed by atoms with van der Waals surface area (Å²) in [5.74, 6) is 1.21. The van der Waals surface area contributed by atoms with Crippen LogP contribution >= 0.6 is 11.6 Å². The second-order valence-electron chi connectivity index (χ2n) is 7.91. The van der Waals surface area contributed by atoms with Crippen LogP contribution in [0.15, 0.2) is 72.8 Å². The van der Waals surface area contributed by atoms with Crippen molar-refractivity contribution in [1.29, 1.82) is 0 Å². The van der Waals surface area contributed by atoms with Crippen molar-refractivity contribution in [3.05, 3.63) is 83.4 Å². The molecule has 0 spiro atoms. The highest BCUT2D eigenvalue weighted by Crippen LogP contribution is 2.34. The molecule has 0 aromatic heterocycles. The van der Waals surface area contributed by atoms with E-state index in [1.54, 1.807) is 65.6 Å². The van der Waals surface area contributed by atoms with Gasteiger partial charge in [-0.2, -0.15) is 0 Å². The molecule has 9 heteroatoms. The molecule has 1 aliphatic rings. The summed E-state index contributed by atoms with van der Waals surface area (Å²) in [6, 6.07) is 19.5. The summed E-state index contributed by atoms with van der Waals surface area (Å²) >= 11 is 5.90. The number of nitrogens with zero attached hydrogens (tertiary/aromatic N) is 1. The Morgan fingerprint density at radius 3 is 2.33 bits per heavy atom. The van der Waals surface area contributed by atoms with E-state index in [0.29, 0.717) is 34.3 Å². The zero-order chi connectivity index (χ0) is 23.6. The van der Waals surface area contributed by atoms with Crippen molar-refractivity contribution in [2.24, 2.45) is 0 Å². The summed E-state index contributed by atoms with van der Waals surface area (Å²) in [6.07, 6.45) is 1.35. The van der Waals surface area contributed by atoms with Gasteiger partial charge in [-0.15, -0.1) is 0 Å². The fraction of sp³-hybridized carbons (Fsp3) is 0.208. The lowest BCUT2D eigenvalue weighted by atomic mass is 10.0. The van der Waals surface area contributed by atoms with Crippen LogP contribution < -0.4 is 15.0 Å². The van der Waals surface area contributed by atoms with Gasteiger partial charge in [0, 0.05) is 23.5 Å². The van der Waals surface area contributed by atoms with Crippen molar-refractivity contribution in [3.63, 3.8) is 0 Å². The number of carbonyl (C=O) groups excluding carboxylic acids is 1. The maximum absolute atomic E-state index is 12.6. The number of hydrogen-bond donors (Lipinski definition) is 2. The highest BCUT2D eigenvalue weighted by Gasteiger charge is 2.36. The van der Waals surface area contributed by atoms with Crippen LogP contribution in [0.3, 0.4) is 0 Å². The van der Waals surface area contributed by atoms with Crippen LogP contribution in [-0.2, 0) is 9.84 Å². The highest BCUT2D eigenvalue weighted by atomic mass is 35.5. The first-order chi connectivity index (χ1) is 15.7. The van der Waals surface area contributed by atoms with Gasteiger partial charge < -0.3 is 15.2 Å². The molecule has 1 aliphatic heterocycles. The maximum atomic E-state index is 12.6. The quantitative estimate of drug-likeness (QED) is 0.494. The SMILES string of the molecule is CS(=O)(=O)C(CC1CNC(=O)N1c1ccc(Oc2ccc(Cl)cc2)cc1)c1cccc(O)c1. The number of phenols is 1. The van der Waals surface area contributed by atoms with Gasteiger partial charge in [0.2, 0.25) is 0 Å². The molecule has 2 atom stereocenters. The summed E-state index contributed by atoms with van der Waals surface area (Å²) in [6.45, 7) is 0.312. The third-order valence-corrected chi connectivity index (χ3v) is 7.23. The molecular formula is C24H23ClN2O5S. The van der Waals surface area contributed by atoms with Gasteiger partial charge in [-0.3, -0.25) is 4.90 Å². The number of sulfone groups is 1. The molecule has 2 unspecified atom stereocenters. The number of anilines is 1. The first-order valence-electron chi connectivity index (χ1n) is 10.3. The number of urea groups is 1. The van der Waals surface area contributed by atoms with Gasteiger partial charge in [0.05, 0.1) is 11.3 Å². The van der Waals surface area contributed by atoms with Crippen molar-refractivity contribution in [2.75, 3.05) is 17.7 Å². The van der Waals surface area contributed by atoms with Gasteiger partial charge in [-0.1, -0.05) is 23.7 Å². The largest absolute Gasteiger partial charge is 0.508 e. The summed E-state index contributed by atoms with van der Waals surface area (Å²) < 4.78 is 30.9. The lowest BCUT2D eigenvalue weighted by molar-refractivity contribution is 0.251. The van der Waals surface area contributed by atoms with Crippen molar-refractivity contribution in [3.8, 4) is 17.2 Å². The minimum Gasteiger partial charge on any atom is -0.508 e. The lowest BCUT2D eigenvalue weighted by Crippen LogP contribution is -2.36. The Morgan fingerprint density at radius 2 is 1.73 bits per heavy atom. The van der Waals surface area contributed by atoms with Gasteiger partial charge in [0.1, 0.15) is 17.2 Å². The van der Waals surface area contributed by atoms with Crippen LogP contribution in [-0.4, -0.2) is 38.4 Å². The monoisotopic (exact) mass is 486 g/mol. The van der Waals surface area contributed by atoms with E-state index in [4.69, 9.17) is 16.3 Å². The fourth-order valence-corrected chi connectivity index (χ4v) is 5.25. The first-order valence-corrected chi connectivity index (χ1v) is 12.6. The minimum absolute atomic E-state index is 0.00472. The summed E-state index contributed by atoms with van der Waals surface area (Å²) in [4.78, 5) is 14.2. The third-order valence-electron chi connectivity index (χ3n) is 5.48. The summed E-state index contributed by atoms with van der Waals surface area (Å²) in [5, 5.41) is 12.4. The predicted octanol–water partition coefficient (Wildman–Crippen LogP) is 4.91. The Hall–Kier alpha value is -3.23. The standard InChI is InChI=1S/C24H23ClN2O5S/c1-33(30,31)23(16-3-2-4-20(28)13-16)14-19-15-26-24(29)27(19)18-7-11-22(12-8-18)32-21-9-5-17(25)6-10-21/h2-13,19,23,28H,14-15H2,1H3,(H,26,29). The molecule has 0 radical (unpaired) electrons. The number of ether oxygens (including phenoxy) is 1. The molecule has 0 saturated carbocycles. The third kappa shape index (κ3) is 5.40. The second-order valence-corrected chi connectivity index (χ2v) is 10.6. The Kier molecular flexibility index (Phi) is 6.49. The van der Waals surface area contributed by atoms with E-state index in [0.717, 1.165) is 0 Å². The number of benzene rings is 3. The molecule has 1 saturated heterocycles. The van der Waals surface area contributed by atoms with E-state index in [1.165, 1.54) is 18.4 Å². The Balaban J connectivity index is 1.55. The van der Waals surface area contributed by atoms with Crippen molar-refractivity contribution < 1.29 is 23.1 Å². The number of halogens is 1. The van der Waals surface area contributed by atoms with E-state index in [9.17, 15) is 18.3 Å².